The Kier molecular flexibility index (Phi) is 4.84. The number of hydrogen-bond acceptors (Lipinski definition) is 5. The molecule has 7 nitrogen and oxygen atoms in total. The number of aryl methyl sites for hydroxylation is 1. The topological polar surface area (TPSA) is 55.0 Å². The third kappa shape index (κ3) is 3.42. The zero-order chi connectivity index (χ0) is 18.3. The quantitative estimate of drug-likeness (QED) is 0.791. The van der Waals surface area contributed by atoms with Crippen molar-refractivity contribution in [3.63, 3.8) is 0 Å². The van der Waals surface area contributed by atoms with Gasteiger partial charge in [-0.2, -0.15) is 5.10 Å². The van der Waals surface area contributed by atoms with E-state index in [9.17, 15) is 0 Å². The monoisotopic (exact) mass is 357 g/mol. The summed E-state index contributed by atoms with van der Waals surface area (Å²) in [5.74, 6) is 3.49. The molecular weight excluding hydrogens is 326 g/mol. The molecule has 2 atom stereocenters. The largest absolute Gasteiger partial charge is 0.317 e. The van der Waals surface area contributed by atoms with Gasteiger partial charge in [-0.15, -0.1) is 10.2 Å². The number of rotatable bonds is 6. The maximum atomic E-state index is 4.45. The van der Waals surface area contributed by atoms with Crippen LogP contribution in [-0.2, 0) is 20.6 Å². The van der Waals surface area contributed by atoms with Crippen LogP contribution in [0.4, 0.5) is 0 Å². The van der Waals surface area contributed by atoms with E-state index >= 15 is 0 Å². The minimum Gasteiger partial charge on any atom is -0.317 e. The molecule has 0 unspecified atom stereocenters. The van der Waals surface area contributed by atoms with Gasteiger partial charge in [-0.1, -0.05) is 0 Å². The summed E-state index contributed by atoms with van der Waals surface area (Å²) in [4.78, 5) is 4.90. The predicted octanol–water partition coefficient (Wildman–Crippen LogP) is 1.94. The molecule has 2 fully saturated rings. The van der Waals surface area contributed by atoms with Crippen LogP contribution in [0.5, 0.6) is 0 Å². The first-order valence-corrected chi connectivity index (χ1v) is 9.79. The first-order chi connectivity index (χ1) is 12.5. The maximum absolute atomic E-state index is 4.45. The van der Waals surface area contributed by atoms with E-state index in [2.05, 4.69) is 63.9 Å². The summed E-state index contributed by atoms with van der Waals surface area (Å²) in [6, 6.07) is 2.60. The average Bonchev–Trinajstić information content (AvgIpc) is 3.26. The highest BCUT2D eigenvalue weighted by atomic mass is 15.3. The molecule has 1 aliphatic heterocycles. The van der Waals surface area contributed by atoms with Crippen molar-refractivity contribution in [2.45, 2.75) is 44.2 Å². The van der Waals surface area contributed by atoms with Crippen LogP contribution in [0.15, 0.2) is 12.3 Å². The Balaban J connectivity index is 1.45. The number of piperidine rings is 1. The van der Waals surface area contributed by atoms with Crippen LogP contribution in [-0.4, -0.2) is 61.5 Å². The molecule has 26 heavy (non-hydrogen) atoms. The Bertz CT molecular complexity index is 745. The van der Waals surface area contributed by atoms with E-state index in [0.717, 1.165) is 25.5 Å². The number of aromatic nitrogens is 5. The van der Waals surface area contributed by atoms with Crippen LogP contribution in [0, 0.1) is 5.92 Å². The highest BCUT2D eigenvalue weighted by molar-refractivity contribution is 5.10. The molecule has 1 aliphatic carbocycles. The Morgan fingerprint density at radius 2 is 1.96 bits per heavy atom. The van der Waals surface area contributed by atoms with Gasteiger partial charge in [0.2, 0.25) is 0 Å². The highest BCUT2D eigenvalue weighted by Crippen LogP contribution is 2.39. The molecule has 0 bridgehead atoms. The minimum atomic E-state index is 0.431. The lowest BCUT2D eigenvalue weighted by Gasteiger charge is -2.40. The number of likely N-dealkylation sites (tertiary alicyclic amines) is 1. The summed E-state index contributed by atoms with van der Waals surface area (Å²) in [5.41, 5.74) is 1.32. The molecule has 4 rings (SSSR count). The second kappa shape index (κ2) is 7.12. The van der Waals surface area contributed by atoms with E-state index < -0.39 is 0 Å². The van der Waals surface area contributed by atoms with E-state index in [1.54, 1.807) is 0 Å². The van der Waals surface area contributed by atoms with Gasteiger partial charge in [-0.3, -0.25) is 14.5 Å². The van der Waals surface area contributed by atoms with Gasteiger partial charge in [0.1, 0.15) is 11.6 Å². The lowest BCUT2D eigenvalue weighted by molar-refractivity contribution is 0.0864. The second-order valence-electron chi connectivity index (χ2n) is 8.21. The highest BCUT2D eigenvalue weighted by Gasteiger charge is 2.33. The summed E-state index contributed by atoms with van der Waals surface area (Å²) in [6.07, 6.45) is 6.97. The molecule has 0 spiro atoms. The van der Waals surface area contributed by atoms with Crippen LogP contribution in [0.25, 0.3) is 0 Å². The van der Waals surface area contributed by atoms with Crippen LogP contribution in [0.2, 0.25) is 0 Å². The normalized spacial score (nSPS) is 24.5. The fourth-order valence-corrected chi connectivity index (χ4v) is 4.51. The van der Waals surface area contributed by atoms with Crippen molar-refractivity contribution in [2.24, 2.45) is 20.0 Å². The molecule has 0 aromatic carbocycles. The SMILES string of the molecule is CN(Cc1nnc(C2CC2)n1C)C[C@@H]1CCCN(C)[C@H]1c1ccnn1C. The van der Waals surface area contributed by atoms with Crippen molar-refractivity contribution in [1.29, 1.82) is 0 Å². The zero-order valence-corrected chi connectivity index (χ0v) is 16.5. The Morgan fingerprint density at radius 3 is 2.65 bits per heavy atom. The van der Waals surface area contributed by atoms with Crippen molar-refractivity contribution < 1.29 is 0 Å². The number of nitrogens with zero attached hydrogens (tertiary/aromatic N) is 7. The van der Waals surface area contributed by atoms with Gasteiger partial charge < -0.3 is 4.57 Å². The summed E-state index contributed by atoms with van der Waals surface area (Å²) < 4.78 is 4.24. The van der Waals surface area contributed by atoms with E-state index in [1.165, 1.54) is 37.2 Å². The van der Waals surface area contributed by atoms with Crippen molar-refractivity contribution in [2.75, 3.05) is 27.2 Å². The fraction of sp³-hybridized carbons (Fsp3) is 0.737. The molecule has 0 N–H and O–H groups in total. The van der Waals surface area contributed by atoms with Gasteiger partial charge in [-0.05, 0) is 58.3 Å². The molecule has 7 heteroatoms. The van der Waals surface area contributed by atoms with Gasteiger partial charge in [0.15, 0.2) is 0 Å². The molecule has 142 valence electrons. The Morgan fingerprint density at radius 1 is 1.15 bits per heavy atom. The Hall–Kier alpha value is -1.73. The van der Waals surface area contributed by atoms with E-state index in [4.69, 9.17) is 0 Å². The van der Waals surface area contributed by atoms with Gasteiger partial charge in [0.05, 0.1) is 18.3 Å². The third-order valence-electron chi connectivity index (χ3n) is 6.07. The molecule has 2 aromatic heterocycles. The van der Waals surface area contributed by atoms with Crippen molar-refractivity contribution in [3.8, 4) is 0 Å². The van der Waals surface area contributed by atoms with E-state index in [1.807, 2.05) is 10.9 Å². The van der Waals surface area contributed by atoms with Crippen LogP contribution in [0.3, 0.4) is 0 Å². The molecule has 1 saturated carbocycles. The van der Waals surface area contributed by atoms with Gasteiger partial charge in [0, 0.05) is 32.8 Å². The van der Waals surface area contributed by atoms with Crippen LogP contribution in [0.1, 0.15) is 55.0 Å². The summed E-state index contributed by atoms with van der Waals surface area (Å²) in [6.45, 7) is 3.07. The predicted molar refractivity (Wildman–Crippen MR) is 101 cm³/mol. The fourth-order valence-electron chi connectivity index (χ4n) is 4.51. The summed E-state index contributed by atoms with van der Waals surface area (Å²) >= 11 is 0. The first-order valence-electron chi connectivity index (χ1n) is 9.79. The van der Waals surface area contributed by atoms with Crippen molar-refractivity contribution in [3.05, 3.63) is 29.6 Å². The van der Waals surface area contributed by atoms with Crippen molar-refractivity contribution >= 4 is 0 Å². The molecule has 3 heterocycles. The molecule has 0 radical (unpaired) electrons. The lowest BCUT2D eigenvalue weighted by Crippen LogP contribution is -2.41. The zero-order valence-electron chi connectivity index (χ0n) is 16.5. The van der Waals surface area contributed by atoms with E-state index in [-0.39, 0.29) is 0 Å². The molecule has 1 saturated heterocycles. The average molecular weight is 358 g/mol. The molecule has 0 amide bonds. The molecule has 2 aromatic rings. The van der Waals surface area contributed by atoms with Gasteiger partial charge in [-0.25, -0.2) is 0 Å². The molecular formula is C19H31N7. The third-order valence-corrected chi connectivity index (χ3v) is 6.07. The minimum absolute atomic E-state index is 0.431. The summed E-state index contributed by atoms with van der Waals surface area (Å²) in [7, 11) is 8.62. The molecule has 2 aliphatic rings. The standard InChI is InChI=1S/C19H31N7/c1-23(13-17-21-22-19(25(17)3)14-7-8-14)12-15-6-5-11-24(2)18(15)16-9-10-20-26(16)4/h9-10,14-15,18H,5-8,11-13H2,1-4H3/t15-,18+/m0/s1. The van der Waals surface area contributed by atoms with Gasteiger partial charge in [0.25, 0.3) is 0 Å². The van der Waals surface area contributed by atoms with E-state index in [0.29, 0.717) is 17.9 Å². The summed E-state index contributed by atoms with van der Waals surface area (Å²) in [5, 5.41) is 13.3. The van der Waals surface area contributed by atoms with Crippen molar-refractivity contribution in [1.82, 2.24) is 34.3 Å². The smallest absolute Gasteiger partial charge is 0.146 e. The van der Waals surface area contributed by atoms with Gasteiger partial charge >= 0.3 is 0 Å². The second-order valence-corrected chi connectivity index (χ2v) is 8.21. The van der Waals surface area contributed by atoms with Crippen LogP contribution < -0.4 is 0 Å². The van der Waals surface area contributed by atoms with Crippen LogP contribution >= 0.6 is 0 Å². The number of hydrogen-bond donors (Lipinski definition) is 0. The lowest BCUT2D eigenvalue weighted by atomic mass is 9.87. The maximum Gasteiger partial charge on any atom is 0.146 e. The Labute approximate surface area is 156 Å². The first kappa shape index (κ1) is 17.7.